The third-order valence-corrected chi connectivity index (χ3v) is 3.64. The maximum atomic E-state index is 10.9. The molecule has 1 N–H and O–H groups in total. The molecule has 2 unspecified atom stereocenters. The number of carbonyl (C=O) groups is 1. The lowest BCUT2D eigenvalue weighted by molar-refractivity contribution is -0.0222. The molecule has 0 radical (unpaired) electrons. The molecule has 4 nitrogen and oxygen atoms in total. The van der Waals surface area contributed by atoms with Crippen molar-refractivity contribution in [3.8, 4) is 0 Å². The Morgan fingerprint density at radius 2 is 2.22 bits per heavy atom. The second kappa shape index (κ2) is 5.57. The van der Waals surface area contributed by atoms with E-state index in [-0.39, 0.29) is 11.9 Å². The predicted molar refractivity (Wildman–Crippen MR) is 66.6 cm³/mol. The minimum atomic E-state index is -1.02. The second-order valence-corrected chi connectivity index (χ2v) is 5.14. The first-order chi connectivity index (χ1) is 8.58. The molecular formula is C14H20O4. The quantitative estimate of drug-likeness (QED) is 0.892. The van der Waals surface area contributed by atoms with Crippen molar-refractivity contribution in [2.75, 3.05) is 0 Å². The third kappa shape index (κ3) is 2.93. The van der Waals surface area contributed by atoms with Crippen molar-refractivity contribution >= 4 is 5.97 Å². The summed E-state index contributed by atoms with van der Waals surface area (Å²) in [5, 5.41) is 8.90. The molecule has 1 heterocycles. The minimum Gasteiger partial charge on any atom is -0.475 e. The topological polar surface area (TPSA) is 59.7 Å². The fourth-order valence-electron chi connectivity index (χ4n) is 2.55. The highest BCUT2D eigenvalue weighted by Crippen LogP contribution is 2.27. The number of carboxylic acids is 1. The first-order valence-electron chi connectivity index (χ1n) is 6.52. The molecule has 0 aromatic carbocycles. The molecule has 1 aliphatic carbocycles. The smallest absolute Gasteiger partial charge is 0.372 e. The van der Waals surface area contributed by atoms with Crippen LogP contribution in [0.1, 0.15) is 54.5 Å². The van der Waals surface area contributed by atoms with E-state index in [0.717, 1.165) is 6.42 Å². The maximum Gasteiger partial charge on any atom is 0.372 e. The van der Waals surface area contributed by atoms with Gasteiger partial charge in [0.05, 0.1) is 6.10 Å². The first kappa shape index (κ1) is 13.1. The molecule has 1 aliphatic rings. The van der Waals surface area contributed by atoms with Gasteiger partial charge in [-0.3, -0.25) is 0 Å². The molecule has 1 aromatic heterocycles. The van der Waals surface area contributed by atoms with Crippen LogP contribution in [0, 0.1) is 12.8 Å². The Morgan fingerprint density at radius 3 is 2.83 bits per heavy atom. The van der Waals surface area contributed by atoms with Crippen LogP contribution in [0.3, 0.4) is 0 Å². The Hall–Kier alpha value is -1.29. The standard InChI is InChI=1S/C14H20O4/c1-9-5-3-4-6-12(9)17-8-11-7-10(2)13(18-11)14(15)16/h7,9,12H,3-6,8H2,1-2H3,(H,15,16). The number of ether oxygens (including phenoxy) is 1. The lowest BCUT2D eigenvalue weighted by Gasteiger charge is -2.28. The summed E-state index contributed by atoms with van der Waals surface area (Å²) in [4.78, 5) is 10.9. The molecule has 2 atom stereocenters. The number of aromatic carboxylic acids is 1. The van der Waals surface area contributed by atoms with Crippen LogP contribution in [-0.2, 0) is 11.3 Å². The van der Waals surface area contributed by atoms with Gasteiger partial charge in [0.25, 0.3) is 0 Å². The molecule has 0 bridgehead atoms. The number of hydrogen-bond donors (Lipinski definition) is 1. The summed E-state index contributed by atoms with van der Waals surface area (Å²) in [5.41, 5.74) is 0.651. The summed E-state index contributed by atoms with van der Waals surface area (Å²) in [6.07, 6.45) is 5.07. The van der Waals surface area contributed by atoms with Gasteiger partial charge in [0.2, 0.25) is 5.76 Å². The molecular weight excluding hydrogens is 232 g/mol. The lowest BCUT2D eigenvalue weighted by Crippen LogP contribution is -2.25. The van der Waals surface area contributed by atoms with Gasteiger partial charge in [0, 0.05) is 5.56 Å². The molecule has 100 valence electrons. The predicted octanol–water partition coefficient (Wildman–Crippen LogP) is 3.38. The van der Waals surface area contributed by atoms with E-state index in [2.05, 4.69) is 6.92 Å². The number of rotatable bonds is 4. The van der Waals surface area contributed by atoms with Gasteiger partial charge < -0.3 is 14.3 Å². The van der Waals surface area contributed by atoms with Crippen LogP contribution < -0.4 is 0 Å². The third-order valence-electron chi connectivity index (χ3n) is 3.64. The molecule has 0 amide bonds. The number of carboxylic acid groups (broad SMARTS) is 1. The van der Waals surface area contributed by atoms with Crippen molar-refractivity contribution in [3.05, 3.63) is 23.2 Å². The number of aryl methyl sites for hydroxylation is 1. The van der Waals surface area contributed by atoms with E-state index >= 15 is 0 Å². The van der Waals surface area contributed by atoms with Crippen molar-refractivity contribution in [2.24, 2.45) is 5.92 Å². The molecule has 2 rings (SSSR count). The van der Waals surface area contributed by atoms with Crippen LogP contribution in [0.4, 0.5) is 0 Å². The van der Waals surface area contributed by atoms with Crippen molar-refractivity contribution in [1.82, 2.24) is 0 Å². The Morgan fingerprint density at radius 1 is 1.50 bits per heavy atom. The van der Waals surface area contributed by atoms with Crippen molar-refractivity contribution < 1.29 is 19.1 Å². The SMILES string of the molecule is Cc1cc(COC2CCCCC2C)oc1C(=O)O. The summed E-state index contributed by atoms with van der Waals surface area (Å²) >= 11 is 0. The van der Waals surface area contributed by atoms with E-state index in [1.54, 1.807) is 13.0 Å². The Bertz CT molecular complexity index is 421. The second-order valence-electron chi connectivity index (χ2n) is 5.14. The average molecular weight is 252 g/mol. The molecule has 1 fully saturated rings. The van der Waals surface area contributed by atoms with Gasteiger partial charge in [0.1, 0.15) is 12.4 Å². The summed E-state index contributed by atoms with van der Waals surface area (Å²) < 4.78 is 11.1. The zero-order valence-corrected chi connectivity index (χ0v) is 10.9. The number of furan rings is 1. The van der Waals surface area contributed by atoms with Crippen LogP contribution in [0.15, 0.2) is 10.5 Å². The first-order valence-corrected chi connectivity index (χ1v) is 6.52. The fraction of sp³-hybridized carbons (Fsp3) is 0.643. The highest BCUT2D eigenvalue weighted by Gasteiger charge is 2.22. The Balaban J connectivity index is 1.93. The average Bonchev–Trinajstić information content (AvgIpc) is 2.70. The molecule has 18 heavy (non-hydrogen) atoms. The van der Waals surface area contributed by atoms with Crippen molar-refractivity contribution in [2.45, 2.75) is 52.2 Å². The summed E-state index contributed by atoms with van der Waals surface area (Å²) in [7, 11) is 0. The lowest BCUT2D eigenvalue weighted by atomic mass is 9.88. The van der Waals surface area contributed by atoms with E-state index in [4.69, 9.17) is 14.3 Å². The van der Waals surface area contributed by atoms with Gasteiger partial charge in [-0.25, -0.2) is 4.79 Å². The van der Waals surface area contributed by atoms with Gasteiger partial charge in [-0.1, -0.05) is 19.8 Å². The van der Waals surface area contributed by atoms with Crippen LogP contribution >= 0.6 is 0 Å². The van der Waals surface area contributed by atoms with E-state index < -0.39 is 5.97 Å². The van der Waals surface area contributed by atoms with Crippen LogP contribution in [-0.4, -0.2) is 17.2 Å². The normalized spacial score (nSPS) is 24.1. The minimum absolute atomic E-state index is 0.0188. The monoisotopic (exact) mass is 252 g/mol. The summed E-state index contributed by atoms with van der Waals surface area (Å²) in [6.45, 7) is 4.31. The van der Waals surface area contributed by atoms with Gasteiger partial charge in [0.15, 0.2) is 0 Å². The van der Waals surface area contributed by atoms with Crippen molar-refractivity contribution in [1.29, 1.82) is 0 Å². The largest absolute Gasteiger partial charge is 0.475 e. The maximum absolute atomic E-state index is 10.9. The Kier molecular flexibility index (Phi) is 4.07. The number of hydrogen-bond acceptors (Lipinski definition) is 3. The van der Waals surface area contributed by atoms with Crippen LogP contribution in [0.2, 0.25) is 0 Å². The molecule has 0 spiro atoms. The molecule has 0 saturated heterocycles. The van der Waals surface area contributed by atoms with Crippen molar-refractivity contribution in [3.63, 3.8) is 0 Å². The highest BCUT2D eigenvalue weighted by molar-refractivity contribution is 5.86. The van der Waals surface area contributed by atoms with Gasteiger partial charge in [-0.2, -0.15) is 0 Å². The van der Waals surface area contributed by atoms with E-state index in [0.29, 0.717) is 23.8 Å². The summed E-state index contributed by atoms with van der Waals surface area (Å²) in [6, 6.07) is 1.75. The van der Waals surface area contributed by atoms with Gasteiger partial charge in [-0.15, -0.1) is 0 Å². The van der Waals surface area contributed by atoms with Crippen LogP contribution in [0.25, 0.3) is 0 Å². The molecule has 0 aliphatic heterocycles. The van der Waals surface area contributed by atoms with E-state index in [9.17, 15) is 4.79 Å². The summed E-state index contributed by atoms with van der Waals surface area (Å²) in [5.74, 6) is 0.173. The zero-order valence-electron chi connectivity index (χ0n) is 10.9. The highest BCUT2D eigenvalue weighted by atomic mass is 16.5. The van der Waals surface area contributed by atoms with E-state index in [1.165, 1.54) is 19.3 Å². The van der Waals surface area contributed by atoms with Crippen LogP contribution in [0.5, 0.6) is 0 Å². The molecule has 1 saturated carbocycles. The van der Waals surface area contributed by atoms with Gasteiger partial charge in [-0.05, 0) is 31.7 Å². The molecule has 1 aromatic rings. The Labute approximate surface area is 107 Å². The fourth-order valence-corrected chi connectivity index (χ4v) is 2.55. The van der Waals surface area contributed by atoms with E-state index in [1.807, 2.05) is 0 Å². The zero-order chi connectivity index (χ0) is 13.1. The molecule has 4 heteroatoms. The van der Waals surface area contributed by atoms with Gasteiger partial charge >= 0.3 is 5.97 Å².